The second kappa shape index (κ2) is 13.0. The SMILES string of the molecule is N=C(N)Nc1ccccc1C(=O)NCC(=O)NC[C@H](NC(=O)C1C2CCC(CC2)N1S(=O)(=O)c1ccccc1)C(=O)O. The highest BCUT2D eigenvalue weighted by atomic mass is 32.2. The Morgan fingerprint density at radius 1 is 0.976 bits per heavy atom. The van der Waals surface area contributed by atoms with Crippen molar-refractivity contribution in [2.75, 3.05) is 18.4 Å². The number of aliphatic carboxylic acids is 1. The Kier molecular flexibility index (Phi) is 9.42. The molecule has 2 aromatic carbocycles. The molecule has 42 heavy (non-hydrogen) atoms. The number of nitrogens with two attached hydrogens (primary N) is 1. The van der Waals surface area contributed by atoms with Crippen LogP contribution in [-0.2, 0) is 24.4 Å². The number of nitrogens with one attached hydrogen (secondary N) is 5. The van der Waals surface area contributed by atoms with Gasteiger partial charge in [-0.1, -0.05) is 30.3 Å². The first kappa shape index (κ1) is 30.5. The molecule has 2 atom stereocenters. The molecule has 15 heteroatoms. The Balaban J connectivity index is 1.38. The zero-order chi connectivity index (χ0) is 30.4. The second-order valence-electron chi connectivity index (χ2n) is 10.1. The molecule has 3 amide bonds. The molecular weight excluding hydrogens is 566 g/mol. The summed E-state index contributed by atoms with van der Waals surface area (Å²) >= 11 is 0. The molecule has 0 spiro atoms. The normalized spacial score (nSPS) is 20.6. The molecule has 1 unspecified atom stereocenters. The van der Waals surface area contributed by atoms with E-state index in [9.17, 15) is 32.7 Å². The third-order valence-electron chi connectivity index (χ3n) is 7.38. The maximum absolute atomic E-state index is 13.5. The molecule has 1 aliphatic carbocycles. The number of sulfonamides is 1. The minimum atomic E-state index is -4.03. The smallest absolute Gasteiger partial charge is 0.328 e. The lowest BCUT2D eigenvalue weighted by Gasteiger charge is -2.49. The lowest BCUT2D eigenvalue weighted by atomic mass is 9.76. The van der Waals surface area contributed by atoms with E-state index >= 15 is 0 Å². The van der Waals surface area contributed by atoms with Gasteiger partial charge in [0.05, 0.1) is 22.7 Å². The van der Waals surface area contributed by atoms with E-state index in [-0.39, 0.29) is 34.1 Å². The van der Waals surface area contributed by atoms with E-state index < -0.39 is 58.9 Å². The summed E-state index contributed by atoms with van der Waals surface area (Å²) in [6.07, 6.45) is 2.51. The van der Waals surface area contributed by atoms with Gasteiger partial charge >= 0.3 is 5.97 Å². The van der Waals surface area contributed by atoms with Crippen LogP contribution in [0.4, 0.5) is 5.69 Å². The largest absolute Gasteiger partial charge is 0.480 e. The Morgan fingerprint density at radius 2 is 1.62 bits per heavy atom. The molecule has 2 heterocycles. The van der Waals surface area contributed by atoms with E-state index in [0.717, 1.165) is 0 Å². The van der Waals surface area contributed by atoms with Gasteiger partial charge in [0, 0.05) is 12.6 Å². The molecule has 14 nitrogen and oxygen atoms in total. The summed E-state index contributed by atoms with van der Waals surface area (Å²) in [6.45, 7) is -0.993. The zero-order valence-corrected chi connectivity index (χ0v) is 23.4. The maximum Gasteiger partial charge on any atom is 0.328 e. The highest BCUT2D eigenvalue weighted by molar-refractivity contribution is 7.89. The predicted octanol–water partition coefficient (Wildman–Crippen LogP) is 0.0393. The van der Waals surface area contributed by atoms with E-state index in [2.05, 4.69) is 21.3 Å². The molecule has 2 saturated heterocycles. The van der Waals surface area contributed by atoms with E-state index in [1.165, 1.54) is 28.6 Å². The fraction of sp³-hybridized carbons (Fsp3) is 0.370. The molecule has 5 rings (SSSR count). The van der Waals surface area contributed by atoms with Crippen molar-refractivity contribution in [1.29, 1.82) is 5.41 Å². The van der Waals surface area contributed by atoms with Gasteiger partial charge in [0.15, 0.2) is 5.96 Å². The summed E-state index contributed by atoms with van der Waals surface area (Å²) in [5, 5.41) is 26.8. The Morgan fingerprint density at radius 3 is 2.26 bits per heavy atom. The van der Waals surface area contributed by atoms with E-state index in [0.29, 0.717) is 25.7 Å². The number of guanidine groups is 1. The number of piperidine rings is 2. The van der Waals surface area contributed by atoms with Crippen LogP contribution in [0.2, 0.25) is 0 Å². The number of carbonyl (C=O) groups excluding carboxylic acids is 3. The molecule has 8 N–H and O–H groups in total. The number of para-hydroxylation sites is 1. The quantitative estimate of drug-likeness (QED) is 0.137. The number of benzene rings is 2. The molecule has 0 aromatic heterocycles. The highest BCUT2D eigenvalue weighted by Crippen LogP contribution is 2.42. The van der Waals surface area contributed by atoms with Gasteiger partial charge in [-0.25, -0.2) is 13.2 Å². The van der Waals surface area contributed by atoms with E-state index in [1.807, 2.05) is 0 Å². The van der Waals surface area contributed by atoms with Crippen LogP contribution in [0.3, 0.4) is 0 Å². The Bertz CT molecular complexity index is 1460. The van der Waals surface area contributed by atoms with Crippen molar-refractivity contribution in [3.8, 4) is 0 Å². The van der Waals surface area contributed by atoms with Crippen molar-refractivity contribution in [2.24, 2.45) is 11.7 Å². The highest BCUT2D eigenvalue weighted by Gasteiger charge is 2.51. The fourth-order valence-corrected chi connectivity index (χ4v) is 7.34. The topological polar surface area (TPSA) is 224 Å². The fourth-order valence-electron chi connectivity index (χ4n) is 5.42. The van der Waals surface area contributed by atoms with Gasteiger partial charge in [0.1, 0.15) is 12.1 Å². The van der Waals surface area contributed by atoms with E-state index in [4.69, 9.17) is 11.1 Å². The number of amides is 3. The van der Waals surface area contributed by atoms with Gasteiger partial charge in [0.25, 0.3) is 5.91 Å². The first-order valence-corrected chi connectivity index (χ1v) is 14.8. The molecule has 3 fully saturated rings. The lowest BCUT2D eigenvalue weighted by molar-refractivity contribution is -0.143. The van der Waals surface area contributed by atoms with Gasteiger partial charge in [0.2, 0.25) is 21.8 Å². The Labute approximate surface area is 242 Å². The van der Waals surface area contributed by atoms with Crippen LogP contribution in [0.1, 0.15) is 36.0 Å². The Hall–Kier alpha value is -4.50. The summed E-state index contributed by atoms with van der Waals surface area (Å²) in [6, 6.07) is 11.0. The average molecular weight is 600 g/mol. The van der Waals surface area contributed by atoms with Crippen molar-refractivity contribution in [2.45, 2.75) is 48.7 Å². The standard InChI is InChI=1S/C27H33N7O7S/c28-27(29)33-20-9-5-4-8-19(20)24(36)31-15-22(35)30-14-21(26(38)39)32-25(37)23-16-10-12-17(13-11-16)34(23)42(40,41)18-6-2-1-3-7-18/h1-9,16-17,21,23H,10-15H2,(H,30,35)(H,31,36)(H,32,37)(H,38,39)(H4,28,29,33)/t16?,17?,21-,23?/m0/s1. The first-order valence-electron chi connectivity index (χ1n) is 13.4. The van der Waals surface area contributed by atoms with Crippen molar-refractivity contribution < 1.29 is 32.7 Å². The summed E-state index contributed by atoms with van der Waals surface area (Å²) in [5.41, 5.74) is 5.72. The minimum Gasteiger partial charge on any atom is -0.480 e. The van der Waals surface area contributed by atoms with Crippen molar-refractivity contribution >= 4 is 45.4 Å². The molecule has 2 aromatic rings. The number of carbonyl (C=O) groups is 4. The van der Waals surface area contributed by atoms with Gasteiger partial charge < -0.3 is 32.1 Å². The number of carboxylic acids is 1. The van der Waals surface area contributed by atoms with E-state index in [1.54, 1.807) is 30.3 Å². The van der Waals surface area contributed by atoms with Crippen molar-refractivity contribution in [3.05, 3.63) is 60.2 Å². The third-order valence-corrected chi connectivity index (χ3v) is 9.33. The van der Waals surface area contributed by atoms with Gasteiger partial charge in [-0.3, -0.25) is 19.8 Å². The number of anilines is 1. The predicted molar refractivity (Wildman–Crippen MR) is 152 cm³/mol. The zero-order valence-electron chi connectivity index (χ0n) is 22.6. The number of hydrogen-bond acceptors (Lipinski definition) is 7. The van der Waals surface area contributed by atoms with Crippen molar-refractivity contribution in [3.63, 3.8) is 0 Å². The van der Waals surface area contributed by atoms with Crippen LogP contribution in [0, 0.1) is 11.3 Å². The number of fused-ring (bicyclic) bond motifs is 3. The molecule has 224 valence electrons. The molecule has 2 bridgehead atoms. The number of carboxylic acid groups (broad SMARTS) is 1. The number of nitrogens with zero attached hydrogens (tertiary/aromatic N) is 1. The number of rotatable bonds is 11. The van der Waals surface area contributed by atoms with Crippen LogP contribution in [-0.4, -0.2) is 78.7 Å². The summed E-state index contributed by atoms with van der Waals surface area (Å²) in [5.74, 6) is -4.16. The van der Waals surface area contributed by atoms with Crippen molar-refractivity contribution in [1.82, 2.24) is 20.3 Å². The molecule has 3 aliphatic rings. The molecule has 0 radical (unpaired) electrons. The summed E-state index contributed by atoms with van der Waals surface area (Å²) in [7, 11) is -4.03. The van der Waals surface area contributed by atoms with Crippen LogP contribution < -0.4 is 27.0 Å². The molecular formula is C27H33N7O7S. The van der Waals surface area contributed by atoms with Crippen LogP contribution in [0.15, 0.2) is 59.5 Å². The number of hydrogen-bond donors (Lipinski definition) is 7. The average Bonchev–Trinajstić information content (AvgIpc) is 2.98. The second-order valence-corrected chi connectivity index (χ2v) is 12.0. The third kappa shape index (κ3) is 6.86. The lowest BCUT2D eigenvalue weighted by Crippen LogP contribution is -2.64. The van der Waals surface area contributed by atoms with Gasteiger partial charge in [-0.05, 0) is 55.9 Å². The maximum atomic E-state index is 13.5. The molecule has 1 saturated carbocycles. The monoisotopic (exact) mass is 599 g/mol. The first-order chi connectivity index (χ1) is 20.0. The van der Waals surface area contributed by atoms with Gasteiger partial charge in [-0.2, -0.15) is 4.31 Å². The van der Waals surface area contributed by atoms with Crippen LogP contribution in [0.25, 0.3) is 0 Å². The summed E-state index contributed by atoms with van der Waals surface area (Å²) in [4.78, 5) is 50.4. The van der Waals surface area contributed by atoms with Crippen LogP contribution in [0.5, 0.6) is 0 Å². The molecule has 2 aliphatic heterocycles. The van der Waals surface area contributed by atoms with Gasteiger partial charge in [-0.15, -0.1) is 0 Å². The minimum absolute atomic E-state index is 0.0548. The summed E-state index contributed by atoms with van der Waals surface area (Å²) < 4.78 is 28.3. The van der Waals surface area contributed by atoms with Crippen LogP contribution >= 0.6 is 0 Å².